The molecule has 0 radical (unpaired) electrons. The van der Waals surface area contributed by atoms with E-state index in [9.17, 15) is 4.79 Å². The summed E-state index contributed by atoms with van der Waals surface area (Å²) < 4.78 is 1.05. The van der Waals surface area contributed by atoms with E-state index >= 15 is 0 Å². The third kappa shape index (κ3) is 2.74. The zero-order valence-corrected chi connectivity index (χ0v) is 12.9. The van der Waals surface area contributed by atoms with Crippen molar-refractivity contribution in [1.82, 2.24) is 4.90 Å². The van der Waals surface area contributed by atoms with E-state index in [1.54, 1.807) is 0 Å². The molecule has 1 saturated heterocycles. The Kier molecular flexibility index (Phi) is 4.26. The monoisotopic (exact) mass is 359 g/mol. The van der Waals surface area contributed by atoms with Gasteiger partial charge in [-0.25, -0.2) is 0 Å². The normalized spacial score (nSPS) is 19.7. The van der Waals surface area contributed by atoms with Gasteiger partial charge in [0.1, 0.15) is 0 Å². The molecule has 1 aromatic rings. The molecule has 1 aliphatic heterocycles. The molecule has 92 valence electrons. The molecular formula is C13H15Br2NO. The molecule has 0 spiro atoms. The van der Waals surface area contributed by atoms with Crippen molar-refractivity contribution in [3.05, 3.63) is 33.8 Å². The van der Waals surface area contributed by atoms with E-state index in [0.717, 1.165) is 40.3 Å². The van der Waals surface area contributed by atoms with E-state index in [1.165, 1.54) is 0 Å². The summed E-state index contributed by atoms with van der Waals surface area (Å²) >= 11 is 6.94. The fraction of sp³-hybridized carbons (Fsp3) is 0.462. The smallest absolute Gasteiger partial charge is 0.254 e. The van der Waals surface area contributed by atoms with Crippen LogP contribution in [0.15, 0.2) is 22.7 Å². The van der Waals surface area contributed by atoms with E-state index in [1.807, 2.05) is 30.0 Å². The molecule has 0 aliphatic carbocycles. The number of aryl methyl sites for hydroxylation is 1. The lowest BCUT2D eigenvalue weighted by molar-refractivity contribution is 0.0750. The van der Waals surface area contributed by atoms with Crippen molar-refractivity contribution in [2.45, 2.75) is 25.8 Å². The highest BCUT2D eigenvalue weighted by Gasteiger charge is 2.28. The Morgan fingerprint density at radius 3 is 2.94 bits per heavy atom. The van der Waals surface area contributed by atoms with Gasteiger partial charge in [0.05, 0.1) is 0 Å². The maximum atomic E-state index is 12.4. The summed E-state index contributed by atoms with van der Waals surface area (Å²) in [7, 11) is 0. The summed E-state index contributed by atoms with van der Waals surface area (Å²) in [6.07, 6.45) is 2.21. The van der Waals surface area contributed by atoms with Gasteiger partial charge in [-0.15, -0.1) is 0 Å². The van der Waals surface area contributed by atoms with Crippen LogP contribution in [0.1, 0.15) is 28.8 Å². The van der Waals surface area contributed by atoms with Gasteiger partial charge in [0.15, 0.2) is 0 Å². The molecule has 0 saturated carbocycles. The number of alkyl halides is 1. The number of benzene rings is 1. The predicted molar refractivity (Wildman–Crippen MR) is 76.7 cm³/mol. The molecule has 4 heteroatoms. The molecular weight excluding hydrogens is 346 g/mol. The van der Waals surface area contributed by atoms with Crippen molar-refractivity contribution in [2.24, 2.45) is 0 Å². The Morgan fingerprint density at radius 1 is 1.53 bits per heavy atom. The van der Waals surface area contributed by atoms with Gasteiger partial charge < -0.3 is 4.90 Å². The van der Waals surface area contributed by atoms with Crippen molar-refractivity contribution >= 4 is 37.8 Å². The maximum Gasteiger partial charge on any atom is 0.254 e. The number of hydrogen-bond acceptors (Lipinski definition) is 1. The number of carbonyl (C=O) groups is 1. The number of halogens is 2. The quantitative estimate of drug-likeness (QED) is 0.735. The lowest BCUT2D eigenvalue weighted by Gasteiger charge is -2.23. The lowest BCUT2D eigenvalue weighted by Crippen LogP contribution is -2.36. The van der Waals surface area contributed by atoms with Crippen LogP contribution in [0.2, 0.25) is 0 Å². The van der Waals surface area contributed by atoms with Crippen molar-refractivity contribution in [3.63, 3.8) is 0 Å². The molecule has 2 rings (SSSR count). The first-order valence-electron chi connectivity index (χ1n) is 5.76. The highest BCUT2D eigenvalue weighted by atomic mass is 79.9. The molecule has 2 nitrogen and oxygen atoms in total. The molecule has 1 atom stereocenters. The Labute approximate surface area is 119 Å². The largest absolute Gasteiger partial charge is 0.335 e. The predicted octanol–water partition coefficient (Wildman–Crippen LogP) is 3.76. The number of likely N-dealkylation sites (tertiary alicyclic amines) is 1. The molecule has 0 aromatic heterocycles. The van der Waals surface area contributed by atoms with E-state index in [2.05, 4.69) is 31.9 Å². The number of rotatable bonds is 2. The Bertz CT molecular complexity index is 433. The minimum absolute atomic E-state index is 0.155. The molecule has 1 fully saturated rings. The summed E-state index contributed by atoms with van der Waals surface area (Å²) in [5.41, 5.74) is 1.89. The van der Waals surface area contributed by atoms with Gasteiger partial charge in [-0.05, 0) is 43.5 Å². The van der Waals surface area contributed by atoms with Crippen molar-refractivity contribution in [2.75, 3.05) is 11.9 Å². The number of carbonyl (C=O) groups excluding carboxylic acids is 1. The first kappa shape index (κ1) is 13.1. The average molecular weight is 361 g/mol. The third-order valence-corrected chi connectivity index (χ3v) is 4.86. The fourth-order valence-corrected chi connectivity index (χ4v) is 3.13. The highest BCUT2D eigenvalue weighted by molar-refractivity contribution is 9.10. The minimum Gasteiger partial charge on any atom is -0.335 e. The van der Waals surface area contributed by atoms with Gasteiger partial charge in [-0.1, -0.05) is 31.9 Å². The van der Waals surface area contributed by atoms with Crippen LogP contribution in [0.4, 0.5) is 0 Å². The summed E-state index contributed by atoms with van der Waals surface area (Å²) in [6, 6.07) is 6.15. The van der Waals surface area contributed by atoms with Gasteiger partial charge in [0, 0.05) is 28.0 Å². The average Bonchev–Trinajstić information content (AvgIpc) is 2.80. The first-order chi connectivity index (χ1) is 8.13. The van der Waals surface area contributed by atoms with Crippen LogP contribution >= 0.6 is 31.9 Å². The molecule has 1 aromatic carbocycles. The van der Waals surface area contributed by atoms with Crippen LogP contribution in [0.3, 0.4) is 0 Å². The van der Waals surface area contributed by atoms with Crippen LogP contribution in [-0.4, -0.2) is 28.7 Å². The Morgan fingerprint density at radius 2 is 2.29 bits per heavy atom. The van der Waals surface area contributed by atoms with E-state index in [4.69, 9.17) is 0 Å². The van der Waals surface area contributed by atoms with Crippen LogP contribution in [0, 0.1) is 6.92 Å². The number of amides is 1. The van der Waals surface area contributed by atoms with Crippen molar-refractivity contribution < 1.29 is 4.79 Å². The SMILES string of the molecule is Cc1cc(C(=O)N2CCCC2CBr)ccc1Br. The molecule has 1 unspecified atom stereocenters. The lowest BCUT2D eigenvalue weighted by atomic mass is 10.1. The van der Waals surface area contributed by atoms with Crippen LogP contribution in [0.25, 0.3) is 0 Å². The zero-order chi connectivity index (χ0) is 12.4. The summed E-state index contributed by atoms with van der Waals surface area (Å²) in [4.78, 5) is 14.4. The van der Waals surface area contributed by atoms with Gasteiger partial charge in [-0.3, -0.25) is 4.79 Å². The molecule has 1 aliphatic rings. The summed E-state index contributed by atoms with van der Waals surface area (Å²) in [5, 5.41) is 0.869. The van der Waals surface area contributed by atoms with Crippen LogP contribution in [0.5, 0.6) is 0 Å². The van der Waals surface area contributed by atoms with Gasteiger partial charge in [-0.2, -0.15) is 0 Å². The Balaban J connectivity index is 2.21. The summed E-state index contributed by atoms with van der Waals surface area (Å²) in [5.74, 6) is 0.155. The first-order valence-corrected chi connectivity index (χ1v) is 7.68. The van der Waals surface area contributed by atoms with E-state index in [-0.39, 0.29) is 5.91 Å². The number of nitrogens with zero attached hydrogens (tertiary/aromatic N) is 1. The van der Waals surface area contributed by atoms with Crippen molar-refractivity contribution in [1.29, 1.82) is 0 Å². The molecule has 0 bridgehead atoms. The molecule has 17 heavy (non-hydrogen) atoms. The van der Waals surface area contributed by atoms with Gasteiger partial charge in [0.2, 0.25) is 0 Å². The second-order valence-corrected chi connectivity index (χ2v) is 5.91. The zero-order valence-electron chi connectivity index (χ0n) is 9.75. The second-order valence-electron chi connectivity index (χ2n) is 4.41. The van der Waals surface area contributed by atoms with E-state index in [0.29, 0.717) is 6.04 Å². The third-order valence-electron chi connectivity index (χ3n) is 3.22. The standard InChI is InChI=1S/C13H15Br2NO/c1-9-7-10(4-5-12(9)15)13(17)16-6-2-3-11(16)8-14/h4-5,7,11H,2-3,6,8H2,1H3. The fourth-order valence-electron chi connectivity index (χ4n) is 2.21. The molecule has 1 amide bonds. The van der Waals surface area contributed by atoms with Gasteiger partial charge >= 0.3 is 0 Å². The summed E-state index contributed by atoms with van der Waals surface area (Å²) in [6.45, 7) is 2.89. The molecule has 0 N–H and O–H groups in total. The molecule has 1 heterocycles. The second kappa shape index (κ2) is 5.53. The Hall–Kier alpha value is -0.350. The minimum atomic E-state index is 0.155. The van der Waals surface area contributed by atoms with Gasteiger partial charge in [0.25, 0.3) is 5.91 Å². The highest BCUT2D eigenvalue weighted by Crippen LogP contribution is 2.23. The van der Waals surface area contributed by atoms with Crippen LogP contribution in [-0.2, 0) is 0 Å². The van der Waals surface area contributed by atoms with Crippen molar-refractivity contribution in [3.8, 4) is 0 Å². The number of hydrogen-bond donors (Lipinski definition) is 0. The maximum absolute atomic E-state index is 12.4. The van der Waals surface area contributed by atoms with Crippen LogP contribution < -0.4 is 0 Å². The van der Waals surface area contributed by atoms with E-state index < -0.39 is 0 Å². The topological polar surface area (TPSA) is 20.3 Å².